The molecule has 2 aliphatic rings. The summed E-state index contributed by atoms with van der Waals surface area (Å²) < 4.78 is 1.51. The van der Waals surface area contributed by atoms with Crippen molar-refractivity contribution < 1.29 is 4.92 Å². The third-order valence-corrected chi connectivity index (χ3v) is 4.54. The quantitative estimate of drug-likeness (QED) is 0.638. The Hall–Kier alpha value is -1.67. The van der Waals surface area contributed by atoms with Crippen LogP contribution in [-0.2, 0) is 7.05 Å². The van der Waals surface area contributed by atoms with E-state index in [0.29, 0.717) is 17.9 Å². The third kappa shape index (κ3) is 2.86. The van der Waals surface area contributed by atoms with Crippen molar-refractivity contribution in [2.45, 2.75) is 31.3 Å². The van der Waals surface area contributed by atoms with E-state index in [1.165, 1.54) is 10.9 Å². The highest BCUT2D eigenvalue weighted by atomic mass is 16.6. The molecule has 1 aromatic rings. The van der Waals surface area contributed by atoms with Gasteiger partial charge in [-0.15, -0.1) is 5.10 Å². The fraction of sp³-hybridized carbons (Fsp3) is 0.769. The molecule has 8 heteroatoms. The van der Waals surface area contributed by atoms with Crippen LogP contribution in [0.3, 0.4) is 0 Å². The van der Waals surface area contributed by atoms with Crippen LogP contribution in [-0.4, -0.2) is 57.9 Å². The van der Waals surface area contributed by atoms with Crippen LogP contribution >= 0.6 is 0 Å². The van der Waals surface area contributed by atoms with Crippen molar-refractivity contribution in [1.29, 1.82) is 0 Å². The molecule has 0 spiro atoms. The lowest BCUT2D eigenvalue weighted by Crippen LogP contribution is -2.46. The molecule has 2 saturated heterocycles. The van der Waals surface area contributed by atoms with Crippen LogP contribution in [0.5, 0.6) is 0 Å². The summed E-state index contributed by atoms with van der Waals surface area (Å²) in [6.45, 7) is 3.70. The van der Waals surface area contributed by atoms with Gasteiger partial charge in [0.25, 0.3) is 0 Å². The minimum atomic E-state index is -0.352. The summed E-state index contributed by atoms with van der Waals surface area (Å²) in [5.41, 5.74) is 6.04. The average Bonchev–Trinajstić information content (AvgIpc) is 3.06. The molecule has 116 valence electrons. The fourth-order valence-corrected chi connectivity index (χ4v) is 3.34. The molecule has 0 amide bonds. The fourth-order valence-electron chi connectivity index (χ4n) is 3.34. The van der Waals surface area contributed by atoms with Crippen molar-refractivity contribution in [3.63, 3.8) is 0 Å². The van der Waals surface area contributed by atoms with Crippen LogP contribution in [0.1, 0.15) is 19.3 Å². The van der Waals surface area contributed by atoms with Gasteiger partial charge in [0.1, 0.15) is 6.20 Å². The zero-order valence-corrected chi connectivity index (χ0v) is 12.3. The molecule has 21 heavy (non-hydrogen) atoms. The molecule has 8 nitrogen and oxygen atoms in total. The third-order valence-electron chi connectivity index (χ3n) is 4.54. The van der Waals surface area contributed by atoms with Crippen molar-refractivity contribution in [1.82, 2.24) is 14.7 Å². The lowest BCUT2D eigenvalue weighted by Gasteiger charge is -2.34. The van der Waals surface area contributed by atoms with Gasteiger partial charge in [-0.05, 0) is 32.4 Å². The normalized spacial score (nSPS) is 24.7. The van der Waals surface area contributed by atoms with Crippen LogP contribution < -0.4 is 10.6 Å². The summed E-state index contributed by atoms with van der Waals surface area (Å²) in [6, 6.07) is 0.787. The topological polar surface area (TPSA) is 93.5 Å². The highest BCUT2D eigenvalue weighted by molar-refractivity contribution is 5.57. The zero-order chi connectivity index (χ0) is 15.0. The van der Waals surface area contributed by atoms with Gasteiger partial charge >= 0.3 is 5.69 Å². The van der Waals surface area contributed by atoms with Crippen molar-refractivity contribution in [3.05, 3.63) is 16.3 Å². The lowest BCUT2D eigenvalue weighted by molar-refractivity contribution is -0.384. The van der Waals surface area contributed by atoms with Crippen LogP contribution in [0.25, 0.3) is 0 Å². The van der Waals surface area contributed by atoms with E-state index < -0.39 is 0 Å². The minimum absolute atomic E-state index is 0.0961. The number of likely N-dealkylation sites (tertiary alicyclic amines) is 1. The Balaban J connectivity index is 1.68. The van der Waals surface area contributed by atoms with Crippen molar-refractivity contribution in [2.24, 2.45) is 12.8 Å². The van der Waals surface area contributed by atoms with E-state index in [1.54, 1.807) is 7.05 Å². The predicted octanol–water partition coefficient (Wildman–Crippen LogP) is 0.330. The Kier molecular flexibility index (Phi) is 3.81. The van der Waals surface area contributed by atoms with Gasteiger partial charge in [0.2, 0.25) is 5.82 Å². The number of aryl methyl sites for hydroxylation is 1. The molecule has 2 N–H and O–H groups in total. The van der Waals surface area contributed by atoms with Gasteiger partial charge in [-0.25, -0.2) is 0 Å². The molecule has 3 rings (SSSR count). The number of rotatable bonds is 3. The second kappa shape index (κ2) is 5.61. The number of piperidine rings is 1. The molecule has 0 bridgehead atoms. The molecule has 0 aliphatic carbocycles. The molecule has 2 aliphatic heterocycles. The molecule has 1 aromatic heterocycles. The van der Waals surface area contributed by atoms with E-state index in [0.717, 1.165) is 45.4 Å². The molecule has 1 unspecified atom stereocenters. The SMILES string of the molecule is Cn1cc([N+](=O)[O-])c(N2CCC(N3CCC(N)CC3)C2)n1. The summed E-state index contributed by atoms with van der Waals surface area (Å²) in [7, 11) is 1.72. The first-order valence-corrected chi connectivity index (χ1v) is 7.47. The molecule has 2 fully saturated rings. The number of anilines is 1. The number of nitrogens with zero attached hydrogens (tertiary/aromatic N) is 5. The van der Waals surface area contributed by atoms with Gasteiger partial charge in [0.15, 0.2) is 0 Å². The summed E-state index contributed by atoms with van der Waals surface area (Å²) in [6.07, 6.45) is 4.59. The van der Waals surface area contributed by atoms with E-state index >= 15 is 0 Å². The number of nitrogens with two attached hydrogens (primary N) is 1. The second-order valence-corrected chi connectivity index (χ2v) is 6.03. The first kappa shape index (κ1) is 14.3. The van der Waals surface area contributed by atoms with Gasteiger partial charge in [-0.1, -0.05) is 0 Å². The van der Waals surface area contributed by atoms with Crippen molar-refractivity contribution in [2.75, 3.05) is 31.1 Å². The molecule has 1 atom stereocenters. The summed E-state index contributed by atoms with van der Waals surface area (Å²) in [5, 5.41) is 15.4. The Morgan fingerprint density at radius 3 is 2.71 bits per heavy atom. The minimum Gasteiger partial charge on any atom is -0.348 e. The van der Waals surface area contributed by atoms with E-state index in [-0.39, 0.29) is 10.6 Å². The molecular weight excluding hydrogens is 272 g/mol. The maximum Gasteiger partial charge on any atom is 0.330 e. The van der Waals surface area contributed by atoms with E-state index in [9.17, 15) is 10.1 Å². The lowest BCUT2D eigenvalue weighted by atomic mass is 10.0. The molecule has 3 heterocycles. The van der Waals surface area contributed by atoms with Gasteiger partial charge in [0.05, 0.1) is 4.92 Å². The van der Waals surface area contributed by atoms with Gasteiger partial charge in [-0.2, -0.15) is 0 Å². The average molecular weight is 294 g/mol. The molecule has 0 aromatic carbocycles. The maximum absolute atomic E-state index is 11.1. The van der Waals surface area contributed by atoms with E-state index in [1.807, 2.05) is 4.90 Å². The van der Waals surface area contributed by atoms with Gasteiger partial charge in [0, 0.05) is 32.2 Å². The summed E-state index contributed by atoms with van der Waals surface area (Å²) >= 11 is 0. The predicted molar refractivity (Wildman–Crippen MR) is 79.3 cm³/mol. The highest BCUT2D eigenvalue weighted by Gasteiger charge is 2.34. The number of hydrogen-bond donors (Lipinski definition) is 1. The number of nitro groups is 1. The van der Waals surface area contributed by atoms with Crippen molar-refractivity contribution >= 4 is 11.5 Å². The zero-order valence-electron chi connectivity index (χ0n) is 12.3. The molecule has 0 saturated carbocycles. The second-order valence-electron chi connectivity index (χ2n) is 6.03. The Morgan fingerprint density at radius 2 is 2.05 bits per heavy atom. The number of aromatic nitrogens is 2. The maximum atomic E-state index is 11.1. The van der Waals surface area contributed by atoms with Gasteiger partial charge in [-0.3, -0.25) is 19.7 Å². The Bertz CT molecular complexity index is 523. The number of hydrogen-bond acceptors (Lipinski definition) is 6. The van der Waals surface area contributed by atoms with Crippen LogP contribution in [0.15, 0.2) is 6.20 Å². The monoisotopic (exact) mass is 294 g/mol. The first-order valence-electron chi connectivity index (χ1n) is 7.47. The summed E-state index contributed by atoms with van der Waals surface area (Å²) in [4.78, 5) is 15.3. The van der Waals surface area contributed by atoms with Crippen LogP contribution in [0.4, 0.5) is 11.5 Å². The first-order chi connectivity index (χ1) is 10.0. The Morgan fingerprint density at radius 1 is 1.33 bits per heavy atom. The van der Waals surface area contributed by atoms with Gasteiger partial charge < -0.3 is 10.6 Å². The van der Waals surface area contributed by atoms with Crippen molar-refractivity contribution in [3.8, 4) is 0 Å². The van der Waals surface area contributed by atoms with E-state index in [4.69, 9.17) is 5.73 Å². The Labute approximate surface area is 123 Å². The highest BCUT2D eigenvalue weighted by Crippen LogP contribution is 2.30. The van der Waals surface area contributed by atoms with E-state index in [2.05, 4.69) is 10.00 Å². The largest absolute Gasteiger partial charge is 0.348 e. The standard InChI is InChI=1S/C13H22N6O2/c1-16-9-12(19(20)21)13(15-16)18-7-4-11(8-18)17-5-2-10(14)3-6-17/h9-11H,2-8,14H2,1H3. The molecular formula is C13H22N6O2. The smallest absolute Gasteiger partial charge is 0.330 e. The van der Waals surface area contributed by atoms with Crippen LogP contribution in [0.2, 0.25) is 0 Å². The summed E-state index contributed by atoms with van der Waals surface area (Å²) in [5.74, 6) is 0.499. The molecule has 0 radical (unpaired) electrons. The van der Waals surface area contributed by atoms with Crippen LogP contribution in [0, 0.1) is 10.1 Å².